The SMILES string of the molecule is CCCCCC(C)NC(=NC)NCC(C)SC.I. The molecule has 0 radical (unpaired) electrons. The summed E-state index contributed by atoms with van der Waals surface area (Å²) in [6, 6.07) is 0.498. The maximum atomic E-state index is 4.25. The zero-order chi connectivity index (χ0) is 13.1. The van der Waals surface area contributed by atoms with Crippen LogP contribution in [0, 0.1) is 0 Å². The van der Waals surface area contributed by atoms with E-state index in [-0.39, 0.29) is 24.0 Å². The molecule has 0 aromatic carbocycles. The molecule has 3 nitrogen and oxygen atoms in total. The maximum Gasteiger partial charge on any atom is 0.191 e. The van der Waals surface area contributed by atoms with Crippen LogP contribution in [0.2, 0.25) is 0 Å². The molecule has 2 atom stereocenters. The third-order valence-corrected chi connectivity index (χ3v) is 3.78. The smallest absolute Gasteiger partial charge is 0.191 e. The van der Waals surface area contributed by atoms with Crippen LogP contribution < -0.4 is 10.6 Å². The Hall–Kier alpha value is 0.350. The highest BCUT2D eigenvalue weighted by Crippen LogP contribution is 2.04. The Morgan fingerprint density at radius 2 is 1.94 bits per heavy atom. The molecule has 0 spiro atoms. The van der Waals surface area contributed by atoms with E-state index in [0.717, 1.165) is 12.5 Å². The third kappa shape index (κ3) is 11.4. The van der Waals surface area contributed by atoms with Gasteiger partial charge >= 0.3 is 0 Å². The van der Waals surface area contributed by atoms with Crippen LogP contribution in [0.1, 0.15) is 46.5 Å². The zero-order valence-corrected chi connectivity index (χ0v) is 15.6. The minimum atomic E-state index is 0. The summed E-state index contributed by atoms with van der Waals surface area (Å²) >= 11 is 1.87. The summed E-state index contributed by atoms with van der Waals surface area (Å²) in [7, 11) is 1.83. The van der Waals surface area contributed by atoms with E-state index in [0.29, 0.717) is 11.3 Å². The van der Waals surface area contributed by atoms with Crippen molar-refractivity contribution >= 4 is 41.7 Å². The van der Waals surface area contributed by atoms with Gasteiger partial charge in [-0.25, -0.2) is 0 Å². The molecule has 2 N–H and O–H groups in total. The standard InChI is InChI=1S/C13H29N3S.HI/c1-6-7-8-9-11(2)16-13(14-4)15-10-12(3)17-5;/h11-12H,6-10H2,1-5H3,(H2,14,15,16);1H. The van der Waals surface area contributed by atoms with Crippen molar-refractivity contribution in [3.63, 3.8) is 0 Å². The van der Waals surface area contributed by atoms with Gasteiger partial charge in [-0.2, -0.15) is 11.8 Å². The van der Waals surface area contributed by atoms with Crippen molar-refractivity contribution in [2.24, 2.45) is 4.99 Å². The molecule has 0 aromatic heterocycles. The summed E-state index contributed by atoms with van der Waals surface area (Å²) in [5.74, 6) is 0.926. The molecule has 5 heteroatoms. The van der Waals surface area contributed by atoms with Gasteiger partial charge in [0.1, 0.15) is 0 Å². The summed E-state index contributed by atoms with van der Waals surface area (Å²) in [6.45, 7) is 7.64. The number of rotatable bonds is 8. The van der Waals surface area contributed by atoms with Crippen LogP contribution in [-0.2, 0) is 0 Å². The van der Waals surface area contributed by atoms with Gasteiger partial charge < -0.3 is 10.6 Å². The van der Waals surface area contributed by atoms with E-state index in [1.807, 2.05) is 18.8 Å². The van der Waals surface area contributed by atoms with Crippen molar-refractivity contribution in [2.45, 2.75) is 57.7 Å². The second-order valence-corrected chi connectivity index (χ2v) is 5.82. The quantitative estimate of drug-likeness (QED) is 0.290. The number of unbranched alkanes of at least 4 members (excludes halogenated alkanes) is 2. The number of hydrogen-bond acceptors (Lipinski definition) is 2. The molecule has 0 heterocycles. The van der Waals surface area contributed by atoms with Gasteiger partial charge in [-0.05, 0) is 19.6 Å². The monoisotopic (exact) mass is 387 g/mol. The van der Waals surface area contributed by atoms with Crippen LogP contribution in [0.5, 0.6) is 0 Å². The molecule has 110 valence electrons. The fraction of sp³-hybridized carbons (Fsp3) is 0.923. The van der Waals surface area contributed by atoms with Crippen LogP contribution in [-0.4, -0.2) is 37.1 Å². The normalized spacial score (nSPS) is 14.6. The Labute approximate surface area is 134 Å². The van der Waals surface area contributed by atoms with Crippen molar-refractivity contribution in [1.82, 2.24) is 10.6 Å². The van der Waals surface area contributed by atoms with E-state index in [4.69, 9.17) is 0 Å². The van der Waals surface area contributed by atoms with Gasteiger partial charge in [0.2, 0.25) is 0 Å². The predicted molar refractivity (Wildman–Crippen MR) is 96.5 cm³/mol. The molecule has 0 aliphatic carbocycles. The van der Waals surface area contributed by atoms with Crippen LogP contribution in [0.4, 0.5) is 0 Å². The third-order valence-electron chi connectivity index (χ3n) is 2.81. The first-order valence-electron chi connectivity index (χ1n) is 6.64. The second kappa shape index (κ2) is 13.8. The first-order valence-corrected chi connectivity index (χ1v) is 7.92. The van der Waals surface area contributed by atoms with Crippen LogP contribution in [0.15, 0.2) is 4.99 Å². The van der Waals surface area contributed by atoms with E-state index < -0.39 is 0 Å². The number of hydrogen-bond donors (Lipinski definition) is 2. The topological polar surface area (TPSA) is 36.4 Å². The van der Waals surface area contributed by atoms with Gasteiger partial charge in [0.25, 0.3) is 0 Å². The van der Waals surface area contributed by atoms with E-state index in [2.05, 4.69) is 42.7 Å². The lowest BCUT2D eigenvalue weighted by Crippen LogP contribution is -2.44. The lowest BCUT2D eigenvalue weighted by Gasteiger charge is -2.19. The molecule has 0 bridgehead atoms. The Bertz CT molecular complexity index is 212. The molecule has 0 aliphatic rings. The molecule has 0 fully saturated rings. The molecule has 2 unspecified atom stereocenters. The lowest BCUT2D eigenvalue weighted by molar-refractivity contribution is 0.547. The molecular formula is C13H30IN3S. The van der Waals surface area contributed by atoms with Crippen LogP contribution in [0.25, 0.3) is 0 Å². The Morgan fingerprint density at radius 1 is 1.28 bits per heavy atom. The van der Waals surface area contributed by atoms with Gasteiger partial charge in [-0.15, -0.1) is 24.0 Å². The highest BCUT2D eigenvalue weighted by Gasteiger charge is 2.06. The predicted octanol–water partition coefficient (Wildman–Crippen LogP) is 3.49. The van der Waals surface area contributed by atoms with Crippen molar-refractivity contribution in [2.75, 3.05) is 19.8 Å². The minimum absolute atomic E-state index is 0. The van der Waals surface area contributed by atoms with E-state index in [1.54, 1.807) is 0 Å². The largest absolute Gasteiger partial charge is 0.355 e. The van der Waals surface area contributed by atoms with Crippen LogP contribution >= 0.6 is 35.7 Å². The second-order valence-electron chi connectivity index (χ2n) is 4.54. The first kappa shape index (κ1) is 20.7. The highest BCUT2D eigenvalue weighted by atomic mass is 127. The minimum Gasteiger partial charge on any atom is -0.355 e. The molecule has 0 aliphatic heterocycles. The number of guanidine groups is 1. The average Bonchev–Trinajstić information content (AvgIpc) is 2.34. The first-order chi connectivity index (χ1) is 8.13. The number of halogens is 1. The van der Waals surface area contributed by atoms with Gasteiger partial charge in [0.15, 0.2) is 5.96 Å². The van der Waals surface area contributed by atoms with Crippen molar-refractivity contribution in [3.05, 3.63) is 0 Å². The summed E-state index contributed by atoms with van der Waals surface area (Å²) in [5, 5.41) is 7.41. The fourth-order valence-corrected chi connectivity index (χ4v) is 1.77. The molecule has 0 aromatic rings. The lowest BCUT2D eigenvalue weighted by atomic mass is 10.1. The number of nitrogens with zero attached hydrogens (tertiary/aromatic N) is 1. The molecule has 0 saturated heterocycles. The summed E-state index contributed by atoms with van der Waals surface area (Å²) in [6.07, 6.45) is 7.25. The van der Waals surface area contributed by atoms with Gasteiger partial charge in [-0.1, -0.05) is 33.1 Å². The average molecular weight is 387 g/mol. The van der Waals surface area contributed by atoms with Crippen molar-refractivity contribution in [3.8, 4) is 0 Å². The number of nitrogens with one attached hydrogen (secondary N) is 2. The summed E-state index contributed by atoms with van der Waals surface area (Å²) in [4.78, 5) is 4.25. The Balaban J connectivity index is 0. The maximum absolute atomic E-state index is 4.25. The Kier molecular flexibility index (Phi) is 15.8. The van der Waals surface area contributed by atoms with E-state index in [9.17, 15) is 0 Å². The van der Waals surface area contributed by atoms with Crippen molar-refractivity contribution < 1.29 is 0 Å². The molecular weight excluding hydrogens is 357 g/mol. The van der Waals surface area contributed by atoms with Gasteiger partial charge in [-0.3, -0.25) is 4.99 Å². The number of aliphatic imine (C=N–C) groups is 1. The summed E-state index contributed by atoms with van der Waals surface area (Å²) in [5.41, 5.74) is 0. The molecule has 0 amide bonds. The van der Waals surface area contributed by atoms with Gasteiger partial charge in [0.05, 0.1) is 0 Å². The highest BCUT2D eigenvalue weighted by molar-refractivity contribution is 14.0. The van der Waals surface area contributed by atoms with E-state index in [1.165, 1.54) is 25.7 Å². The van der Waals surface area contributed by atoms with E-state index >= 15 is 0 Å². The molecule has 0 rings (SSSR count). The molecule has 18 heavy (non-hydrogen) atoms. The van der Waals surface area contributed by atoms with Gasteiger partial charge in [0, 0.05) is 24.9 Å². The Morgan fingerprint density at radius 3 is 2.44 bits per heavy atom. The fourth-order valence-electron chi connectivity index (χ4n) is 1.52. The zero-order valence-electron chi connectivity index (χ0n) is 12.5. The van der Waals surface area contributed by atoms with Crippen molar-refractivity contribution in [1.29, 1.82) is 0 Å². The number of thioether (sulfide) groups is 1. The molecule has 0 saturated carbocycles. The summed E-state index contributed by atoms with van der Waals surface area (Å²) < 4.78 is 0. The van der Waals surface area contributed by atoms with Crippen LogP contribution in [0.3, 0.4) is 0 Å².